The second kappa shape index (κ2) is 5.82. The van der Waals surface area contributed by atoms with Crippen LogP contribution in [0.1, 0.15) is 11.6 Å². The third-order valence-corrected chi connectivity index (χ3v) is 3.55. The molecule has 1 heterocycles. The standard InChI is InChI=1S/C17H12ClN3/c18-13-5-7-14(8-6-13)21-17(9-19)16-11-20-10-12-3-1-2-4-15(12)16/h1-8,10-11,17,21H. The van der Waals surface area contributed by atoms with Gasteiger partial charge in [-0.15, -0.1) is 0 Å². The van der Waals surface area contributed by atoms with Crippen LogP contribution in [0.15, 0.2) is 60.9 Å². The maximum absolute atomic E-state index is 9.49. The highest BCUT2D eigenvalue weighted by molar-refractivity contribution is 6.30. The van der Waals surface area contributed by atoms with Gasteiger partial charge in [0.25, 0.3) is 0 Å². The van der Waals surface area contributed by atoms with Gasteiger partial charge < -0.3 is 5.32 Å². The number of nitrogens with one attached hydrogen (secondary N) is 1. The summed E-state index contributed by atoms with van der Waals surface area (Å²) in [6.45, 7) is 0. The molecule has 0 aliphatic rings. The molecule has 102 valence electrons. The van der Waals surface area contributed by atoms with Crippen molar-refractivity contribution in [2.24, 2.45) is 0 Å². The van der Waals surface area contributed by atoms with E-state index < -0.39 is 6.04 Å². The molecular weight excluding hydrogens is 282 g/mol. The lowest BCUT2D eigenvalue weighted by Gasteiger charge is -2.15. The first-order valence-electron chi connectivity index (χ1n) is 6.52. The molecule has 2 aromatic carbocycles. The molecule has 3 nitrogen and oxygen atoms in total. The van der Waals surface area contributed by atoms with Gasteiger partial charge in [0.15, 0.2) is 0 Å². The fraction of sp³-hybridized carbons (Fsp3) is 0.0588. The van der Waals surface area contributed by atoms with Gasteiger partial charge in [-0.05, 0) is 29.7 Å². The Balaban J connectivity index is 1.99. The van der Waals surface area contributed by atoms with E-state index in [-0.39, 0.29) is 0 Å². The van der Waals surface area contributed by atoms with Gasteiger partial charge in [0, 0.05) is 34.1 Å². The molecule has 0 spiro atoms. The van der Waals surface area contributed by atoms with Gasteiger partial charge >= 0.3 is 0 Å². The van der Waals surface area contributed by atoms with E-state index >= 15 is 0 Å². The summed E-state index contributed by atoms with van der Waals surface area (Å²) < 4.78 is 0. The highest BCUT2D eigenvalue weighted by Crippen LogP contribution is 2.26. The molecule has 1 N–H and O–H groups in total. The molecule has 0 saturated heterocycles. The van der Waals surface area contributed by atoms with Crippen LogP contribution in [0, 0.1) is 11.3 Å². The van der Waals surface area contributed by atoms with Crippen molar-refractivity contribution >= 4 is 28.1 Å². The zero-order chi connectivity index (χ0) is 14.7. The van der Waals surface area contributed by atoms with Crippen molar-refractivity contribution in [1.29, 1.82) is 5.26 Å². The molecule has 1 atom stereocenters. The SMILES string of the molecule is N#CC(Nc1ccc(Cl)cc1)c1cncc2ccccc12. The molecule has 0 aliphatic carbocycles. The number of hydrogen-bond acceptors (Lipinski definition) is 3. The van der Waals surface area contributed by atoms with Gasteiger partial charge in [-0.1, -0.05) is 35.9 Å². The number of fused-ring (bicyclic) bond motifs is 1. The molecule has 0 fully saturated rings. The summed E-state index contributed by atoms with van der Waals surface area (Å²) in [4.78, 5) is 4.23. The van der Waals surface area contributed by atoms with E-state index in [9.17, 15) is 5.26 Å². The van der Waals surface area contributed by atoms with Crippen LogP contribution in [0.4, 0.5) is 5.69 Å². The average molecular weight is 294 g/mol. The fourth-order valence-electron chi connectivity index (χ4n) is 2.26. The Hall–Kier alpha value is -2.57. The predicted molar refractivity (Wildman–Crippen MR) is 85.2 cm³/mol. The van der Waals surface area contributed by atoms with Crippen LogP contribution in [0.2, 0.25) is 5.02 Å². The Kier molecular flexibility index (Phi) is 3.72. The van der Waals surface area contributed by atoms with Gasteiger partial charge in [0.05, 0.1) is 6.07 Å². The fourth-order valence-corrected chi connectivity index (χ4v) is 2.39. The first kappa shape index (κ1) is 13.4. The summed E-state index contributed by atoms with van der Waals surface area (Å²) in [5, 5.41) is 15.4. The van der Waals surface area contributed by atoms with Crippen molar-refractivity contribution in [3.8, 4) is 6.07 Å². The highest BCUT2D eigenvalue weighted by atomic mass is 35.5. The molecular formula is C17H12ClN3. The molecule has 3 rings (SSSR count). The van der Waals surface area contributed by atoms with Crippen molar-refractivity contribution < 1.29 is 0 Å². The summed E-state index contributed by atoms with van der Waals surface area (Å²) in [6.07, 6.45) is 3.54. The van der Waals surface area contributed by atoms with E-state index in [2.05, 4.69) is 16.4 Å². The van der Waals surface area contributed by atoms with Gasteiger partial charge in [-0.3, -0.25) is 4.98 Å². The van der Waals surface area contributed by atoms with E-state index in [4.69, 9.17) is 11.6 Å². The van der Waals surface area contributed by atoms with Crippen molar-refractivity contribution in [3.05, 3.63) is 71.5 Å². The zero-order valence-corrected chi connectivity index (χ0v) is 11.9. The van der Waals surface area contributed by atoms with E-state index in [1.54, 1.807) is 24.5 Å². The first-order chi connectivity index (χ1) is 10.3. The third-order valence-electron chi connectivity index (χ3n) is 3.29. The van der Waals surface area contributed by atoms with Crippen LogP contribution in [0.5, 0.6) is 0 Å². The largest absolute Gasteiger partial charge is 0.366 e. The van der Waals surface area contributed by atoms with Crippen molar-refractivity contribution in [2.45, 2.75) is 6.04 Å². The summed E-state index contributed by atoms with van der Waals surface area (Å²) in [5.74, 6) is 0. The molecule has 21 heavy (non-hydrogen) atoms. The highest BCUT2D eigenvalue weighted by Gasteiger charge is 2.13. The van der Waals surface area contributed by atoms with E-state index in [1.165, 1.54) is 0 Å². The topological polar surface area (TPSA) is 48.7 Å². The molecule has 1 unspecified atom stereocenters. The van der Waals surface area contributed by atoms with Crippen LogP contribution >= 0.6 is 11.6 Å². The molecule has 0 saturated carbocycles. The molecule has 4 heteroatoms. The minimum atomic E-state index is -0.468. The molecule has 1 aromatic heterocycles. The van der Waals surface area contributed by atoms with Crippen LogP contribution in [-0.4, -0.2) is 4.98 Å². The monoisotopic (exact) mass is 293 g/mol. The van der Waals surface area contributed by atoms with Crippen LogP contribution in [-0.2, 0) is 0 Å². The predicted octanol–water partition coefficient (Wildman–Crippen LogP) is 4.56. The smallest absolute Gasteiger partial charge is 0.142 e. The lowest BCUT2D eigenvalue weighted by molar-refractivity contribution is 0.997. The van der Waals surface area contributed by atoms with E-state index in [0.717, 1.165) is 22.0 Å². The molecule has 3 aromatic rings. The number of halogens is 1. The summed E-state index contributed by atoms with van der Waals surface area (Å²) >= 11 is 5.87. The quantitative estimate of drug-likeness (QED) is 0.770. The van der Waals surface area contributed by atoms with Gasteiger partial charge in [0.1, 0.15) is 6.04 Å². The van der Waals surface area contributed by atoms with Gasteiger partial charge in [-0.25, -0.2) is 0 Å². The molecule has 0 bridgehead atoms. The molecule has 0 amide bonds. The summed E-state index contributed by atoms with van der Waals surface area (Å²) in [5.41, 5.74) is 1.71. The zero-order valence-electron chi connectivity index (χ0n) is 11.1. The second-order valence-electron chi connectivity index (χ2n) is 4.66. The Morgan fingerprint density at radius 1 is 1.05 bits per heavy atom. The second-order valence-corrected chi connectivity index (χ2v) is 5.10. The van der Waals surface area contributed by atoms with Crippen molar-refractivity contribution in [2.75, 3.05) is 5.32 Å². The number of rotatable bonds is 3. The number of benzene rings is 2. The van der Waals surface area contributed by atoms with Crippen molar-refractivity contribution in [1.82, 2.24) is 4.98 Å². The summed E-state index contributed by atoms with van der Waals surface area (Å²) in [7, 11) is 0. The number of pyridine rings is 1. The van der Waals surface area contributed by atoms with Crippen molar-refractivity contribution in [3.63, 3.8) is 0 Å². The minimum Gasteiger partial charge on any atom is -0.366 e. The maximum Gasteiger partial charge on any atom is 0.142 e. The normalized spacial score (nSPS) is 11.8. The first-order valence-corrected chi connectivity index (χ1v) is 6.90. The van der Waals surface area contributed by atoms with Gasteiger partial charge in [-0.2, -0.15) is 5.26 Å². The Labute approximate surface area is 127 Å². The Morgan fingerprint density at radius 2 is 1.81 bits per heavy atom. The average Bonchev–Trinajstić information content (AvgIpc) is 2.54. The lowest BCUT2D eigenvalue weighted by atomic mass is 10.0. The third kappa shape index (κ3) is 2.81. The van der Waals surface area contributed by atoms with E-state index in [1.807, 2.05) is 36.4 Å². The number of nitriles is 1. The number of anilines is 1. The van der Waals surface area contributed by atoms with Crippen LogP contribution < -0.4 is 5.32 Å². The van der Waals surface area contributed by atoms with Crippen LogP contribution in [0.25, 0.3) is 10.8 Å². The Morgan fingerprint density at radius 3 is 2.57 bits per heavy atom. The molecule has 0 aliphatic heterocycles. The number of hydrogen-bond donors (Lipinski definition) is 1. The van der Waals surface area contributed by atoms with E-state index in [0.29, 0.717) is 5.02 Å². The number of nitrogens with zero attached hydrogens (tertiary/aromatic N) is 2. The van der Waals surface area contributed by atoms with Gasteiger partial charge in [0.2, 0.25) is 0 Å². The Bertz CT molecular complexity index is 801. The van der Waals surface area contributed by atoms with Crippen LogP contribution in [0.3, 0.4) is 0 Å². The number of aromatic nitrogens is 1. The minimum absolute atomic E-state index is 0.468. The summed E-state index contributed by atoms with van der Waals surface area (Å²) in [6, 6.07) is 17.0. The lowest BCUT2D eigenvalue weighted by Crippen LogP contribution is -2.09. The molecule has 0 radical (unpaired) electrons. The maximum atomic E-state index is 9.49.